The van der Waals surface area contributed by atoms with Crippen LogP contribution in [0.3, 0.4) is 0 Å². The molecule has 0 aliphatic carbocycles. The van der Waals surface area contributed by atoms with Crippen molar-refractivity contribution in [1.82, 2.24) is 0 Å². The number of hydrogen-bond donors (Lipinski definition) is 1. The summed E-state index contributed by atoms with van der Waals surface area (Å²) < 4.78 is 14.7. The van der Waals surface area contributed by atoms with Crippen LogP contribution >= 0.6 is 0 Å². The van der Waals surface area contributed by atoms with Crippen molar-refractivity contribution < 1.29 is 43.6 Å². The number of carbonyl (C=O) groups is 3. The normalized spacial score (nSPS) is 13.7. The fraction of sp³-hybridized carbons (Fsp3) is 0.474. The second kappa shape index (κ2) is 11.6. The van der Waals surface area contributed by atoms with Crippen LogP contribution in [0.25, 0.3) is 0 Å². The molecule has 0 saturated carbocycles. The number of hydrogen-bond acceptors (Lipinski definition) is 10. The molecule has 0 radical (unpaired) electrons. The van der Waals surface area contributed by atoms with Gasteiger partial charge in [0.15, 0.2) is 0 Å². The minimum atomic E-state index is -1.78. The van der Waals surface area contributed by atoms with Crippen LogP contribution in [0.15, 0.2) is 24.3 Å². The van der Waals surface area contributed by atoms with E-state index in [9.17, 15) is 34.9 Å². The van der Waals surface area contributed by atoms with Crippen molar-refractivity contribution in [3.63, 3.8) is 0 Å². The monoisotopic (exact) mass is 440 g/mol. The van der Waals surface area contributed by atoms with Gasteiger partial charge in [0.2, 0.25) is 0 Å². The van der Waals surface area contributed by atoms with E-state index in [4.69, 9.17) is 14.2 Å². The predicted molar refractivity (Wildman–Crippen MR) is 104 cm³/mol. The number of methoxy groups -OCH3 is 1. The van der Waals surface area contributed by atoms with Crippen molar-refractivity contribution in [2.45, 2.75) is 32.8 Å². The van der Waals surface area contributed by atoms with Gasteiger partial charge < -0.3 is 19.4 Å². The lowest BCUT2D eigenvalue weighted by Gasteiger charge is -2.22. The first kappa shape index (κ1) is 25.5. The quantitative estimate of drug-likeness (QED) is 0.0775. The van der Waals surface area contributed by atoms with E-state index >= 15 is 0 Å². The van der Waals surface area contributed by atoms with Gasteiger partial charge in [0.1, 0.15) is 24.2 Å². The fourth-order valence-corrected chi connectivity index (χ4v) is 2.79. The molecule has 170 valence electrons. The molecule has 0 saturated heterocycles. The molecule has 2 unspecified atom stereocenters. The Kier molecular flexibility index (Phi) is 9.54. The molecule has 1 N–H and O–H groups in total. The average molecular weight is 440 g/mol. The van der Waals surface area contributed by atoms with E-state index < -0.39 is 56.9 Å². The molecule has 1 aromatic rings. The molecule has 31 heavy (non-hydrogen) atoms. The Morgan fingerprint density at radius 2 is 1.81 bits per heavy atom. The molecular weight excluding hydrogens is 416 g/mol. The number of ether oxygens (including phenoxy) is 3. The van der Waals surface area contributed by atoms with Crippen molar-refractivity contribution in [3.8, 4) is 0 Å². The summed E-state index contributed by atoms with van der Waals surface area (Å²) in [4.78, 5) is 47.3. The highest BCUT2D eigenvalue weighted by atomic mass is 16.8. The summed E-state index contributed by atoms with van der Waals surface area (Å²) in [6.45, 7) is 3.76. The zero-order chi connectivity index (χ0) is 23.7. The molecule has 1 aromatic carbocycles. The lowest BCUT2D eigenvalue weighted by Crippen LogP contribution is -2.42. The third kappa shape index (κ3) is 7.03. The van der Waals surface area contributed by atoms with E-state index in [0.29, 0.717) is 0 Å². The van der Waals surface area contributed by atoms with Crippen LogP contribution in [0.2, 0.25) is 0 Å². The van der Waals surface area contributed by atoms with Crippen molar-refractivity contribution in [1.29, 1.82) is 0 Å². The van der Waals surface area contributed by atoms with E-state index in [1.807, 2.05) is 0 Å². The van der Waals surface area contributed by atoms with E-state index in [-0.39, 0.29) is 18.8 Å². The maximum atomic E-state index is 12.7. The van der Waals surface area contributed by atoms with Gasteiger partial charge in [0.05, 0.1) is 17.6 Å². The first-order valence-electron chi connectivity index (χ1n) is 9.15. The van der Waals surface area contributed by atoms with Gasteiger partial charge >= 0.3 is 17.7 Å². The van der Waals surface area contributed by atoms with Crippen LogP contribution in [0.5, 0.6) is 0 Å². The first-order chi connectivity index (χ1) is 14.5. The van der Waals surface area contributed by atoms with Gasteiger partial charge in [-0.25, -0.2) is 4.79 Å². The van der Waals surface area contributed by atoms with Gasteiger partial charge in [-0.1, -0.05) is 12.1 Å². The zero-order valence-corrected chi connectivity index (χ0v) is 17.5. The number of benzene rings is 1. The lowest BCUT2D eigenvalue weighted by molar-refractivity contribution is -0.726. The van der Waals surface area contributed by atoms with Gasteiger partial charge in [-0.3, -0.25) is 24.9 Å². The smallest absolute Gasteiger partial charge is 0.406 e. The molecule has 0 amide bonds. The maximum Gasteiger partial charge on any atom is 0.406 e. The molecule has 12 heteroatoms. The standard InChI is InChI=1S/C19H24N2O10/c1-11(2)31-19(24)17(21(27)28)16(13-6-5-7-14(10-13)20(25)26)15(12(3)22)18(23)30-9-8-29-4/h5-7,10-11,15-16H,8-9H2,1-4H3,(H,27,28). The lowest BCUT2D eigenvalue weighted by atomic mass is 9.80. The van der Waals surface area contributed by atoms with E-state index in [0.717, 1.165) is 19.1 Å². The van der Waals surface area contributed by atoms with E-state index in [1.165, 1.54) is 33.1 Å². The Morgan fingerprint density at radius 1 is 1.16 bits per heavy atom. The van der Waals surface area contributed by atoms with Crippen molar-refractivity contribution >= 4 is 29.1 Å². The van der Waals surface area contributed by atoms with Crippen LogP contribution in [0.4, 0.5) is 5.69 Å². The van der Waals surface area contributed by atoms with E-state index in [1.54, 1.807) is 0 Å². The highest BCUT2D eigenvalue weighted by Gasteiger charge is 2.47. The minimum absolute atomic E-state index is 0.0114. The van der Waals surface area contributed by atoms with Gasteiger partial charge in [-0.15, -0.1) is 0 Å². The number of ketones is 1. The molecule has 0 fully saturated rings. The molecule has 0 aliphatic rings. The van der Waals surface area contributed by atoms with Gasteiger partial charge in [-0.2, -0.15) is 0 Å². The molecule has 0 spiro atoms. The number of nitrogens with zero attached hydrogens (tertiary/aromatic N) is 2. The maximum absolute atomic E-state index is 12.7. The largest absolute Gasteiger partial charge is 0.463 e. The summed E-state index contributed by atoms with van der Waals surface area (Å²) in [5.41, 5.74) is -1.55. The fourth-order valence-electron chi connectivity index (χ4n) is 2.79. The number of nitro benzene ring substituents is 1. The number of non-ortho nitro benzene ring substituents is 1. The summed E-state index contributed by atoms with van der Waals surface area (Å²) in [5, 5.41) is 32.8. The number of carbonyl (C=O) groups excluding carboxylic acids is 3. The van der Waals surface area contributed by atoms with Gasteiger partial charge in [0, 0.05) is 24.1 Å². The second-order valence-corrected chi connectivity index (χ2v) is 6.69. The van der Waals surface area contributed by atoms with Gasteiger partial charge in [0.25, 0.3) is 5.69 Å². The van der Waals surface area contributed by atoms with Crippen LogP contribution in [0.1, 0.15) is 32.3 Å². The molecule has 2 atom stereocenters. The number of esters is 2. The number of rotatable bonds is 11. The van der Waals surface area contributed by atoms with Crippen LogP contribution in [-0.4, -0.2) is 64.9 Å². The summed E-state index contributed by atoms with van der Waals surface area (Å²) in [5.74, 6) is -6.73. The van der Waals surface area contributed by atoms with Crippen LogP contribution < -0.4 is 0 Å². The number of Topliss-reactive ketones (excluding diaryl/α,β-unsaturated/α-hetero) is 1. The highest BCUT2D eigenvalue weighted by Crippen LogP contribution is 2.31. The number of nitro groups is 1. The molecule has 0 aromatic heterocycles. The Hall–Kier alpha value is -3.54. The van der Waals surface area contributed by atoms with Gasteiger partial charge in [-0.05, 0) is 26.3 Å². The second-order valence-electron chi connectivity index (χ2n) is 6.69. The Balaban J connectivity index is 3.68. The third-order valence-electron chi connectivity index (χ3n) is 4.05. The molecular formula is C19H24N2O10. The molecule has 1 rings (SSSR count). The first-order valence-corrected chi connectivity index (χ1v) is 9.15. The Bertz CT molecular complexity index is 861. The zero-order valence-electron chi connectivity index (χ0n) is 17.5. The van der Waals surface area contributed by atoms with Crippen molar-refractivity contribution in [3.05, 3.63) is 45.2 Å². The van der Waals surface area contributed by atoms with Crippen LogP contribution in [0, 0.1) is 21.2 Å². The summed E-state index contributed by atoms with van der Waals surface area (Å²) in [6, 6.07) is 4.63. The Morgan fingerprint density at radius 3 is 2.29 bits per heavy atom. The molecule has 0 bridgehead atoms. The molecule has 0 aliphatic heterocycles. The Labute approximate surface area is 177 Å². The van der Waals surface area contributed by atoms with Crippen LogP contribution in [-0.2, 0) is 28.6 Å². The van der Waals surface area contributed by atoms with Crippen molar-refractivity contribution in [2.75, 3.05) is 20.3 Å². The summed E-state index contributed by atoms with van der Waals surface area (Å²) in [6.07, 6.45) is -0.711. The molecule has 12 nitrogen and oxygen atoms in total. The third-order valence-corrected chi connectivity index (χ3v) is 4.05. The summed E-state index contributed by atoms with van der Waals surface area (Å²) >= 11 is 0. The average Bonchev–Trinajstić information content (AvgIpc) is 2.66. The highest BCUT2D eigenvalue weighted by molar-refractivity contribution is 6.37. The topological polar surface area (TPSA) is 168 Å². The van der Waals surface area contributed by atoms with E-state index in [2.05, 4.69) is 0 Å². The predicted octanol–water partition coefficient (Wildman–Crippen LogP) is 1.37. The SMILES string of the molecule is COCCOC(=O)C(C(C)=O)C(/C(C(=O)OC(C)C)=[N+](/[O-])O)c1cccc([N+](=O)[O-])c1. The summed E-state index contributed by atoms with van der Waals surface area (Å²) in [7, 11) is 1.36. The van der Waals surface area contributed by atoms with Crippen molar-refractivity contribution in [2.24, 2.45) is 5.92 Å². The minimum Gasteiger partial charge on any atom is -0.463 e. The molecule has 0 heterocycles.